The number of carbonyl (C=O) groups is 1. The van der Waals surface area contributed by atoms with Crippen molar-refractivity contribution in [1.29, 1.82) is 0 Å². The highest BCUT2D eigenvalue weighted by atomic mass is 35.5. The highest BCUT2D eigenvalue weighted by Crippen LogP contribution is 2.33. The summed E-state index contributed by atoms with van der Waals surface area (Å²) in [5, 5.41) is 2.79. The third-order valence-corrected chi connectivity index (χ3v) is 5.17. The molecule has 1 atom stereocenters. The van der Waals surface area contributed by atoms with Gasteiger partial charge in [0.15, 0.2) is 6.10 Å². The van der Waals surface area contributed by atoms with E-state index in [1.807, 2.05) is 0 Å². The van der Waals surface area contributed by atoms with Crippen LogP contribution in [0.25, 0.3) is 0 Å². The van der Waals surface area contributed by atoms with Crippen LogP contribution in [0.15, 0.2) is 47.4 Å². The Morgan fingerprint density at radius 3 is 2.70 bits per heavy atom. The second kappa shape index (κ2) is 5.75. The van der Waals surface area contributed by atoms with Gasteiger partial charge in [-0.3, -0.25) is 9.52 Å². The molecular formula is C15H13ClN2O4S. The van der Waals surface area contributed by atoms with Crippen LogP contribution in [0.1, 0.15) is 6.92 Å². The second-order valence-corrected chi connectivity index (χ2v) is 7.05. The Bertz CT molecular complexity index is 883. The fraction of sp³-hybridized carbons (Fsp3) is 0.133. The number of rotatable bonds is 3. The summed E-state index contributed by atoms with van der Waals surface area (Å²) in [4.78, 5) is 11.6. The number of hydrogen-bond donors (Lipinski definition) is 2. The molecule has 0 unspecified atom stereocenters. The maximum Gasteiger partial charge on any atom is 0.265 e. The standard InChI is InChI=1S/C15H13ClN2O4S/c1-9-15(19)17-12-8-10(6-7-13(12)22-9)18-23(20,21)14-5-3-2-4-11(14)16/h2-9,18H,1H3,(H,17,19)/t9-/m0/s1. The summed E-state index contributed by atoms with van der Waals surface area (Å²) in [6.45, 7) is 1.63. The van der Waals surface area contributed by atoms with E-state index in [1.54, 1.807) is 31.2 Å². The van der Waals surface area contributed by atoms with Gasteiger partial charge in [0, 0.05) is 0 Å². The van der Waals surface area contributed by atoms with Gasteiger partial charge >= 0.3 is 0 Å². The minimum absolute atomic E-state index is 0.0201. The summed E-state index contributed by atoms with van der Waals surface area (Å²) in [5.74, 6) is 0.196. The zero-order valence-corrected chi connectivity index (χ0v) is 13.6. The number of amides is 1. The van der Waals surface area contributed by atoms with Gasteiger partial charge in [-0.15, -0.1) is 0 Å². The van der Waals surface area contributed by atoms with E-state index in [2.05, 4.69) is 10.0 Å². The van der Waals surface area contributed by atoms with Crippen LogP contribution in [0.3, 0.4) is 0 Å². The largest absolute Gasteiger partial charge is 0.479 e. The molecule has 6 nitrogen and oxygen atoms in total. The Morgan fingerprint density at radius 1 is 1.22 bits per heavy atom. The number of nitrogens with one attached hydrogen (secondary N) is 2. The molecule has 1 heterocycles. The lowest BCUT2D eigenvalue weighted by Gasteiger charge is -2.23. The molecule has 2 aromatic carbocycles. The van der Waals surface area contributed by atoms with E-state index in [1.165, 1.54) is 18.2 Å². The minimum Gasteiger partial charge on any atom is -0.479 e. The van der Waals surface area contributed by atoms with Gasteiger partial charge in [0.25, 0.3) is 15.9 Å². The molecule has 2 aromatic rings. The van der Waals surface area contributed by atoms with E-state index in [-0.39, 0.29) is 15.8 Å². The molecule has 0 saturated carbocycles. The number of halogens is 1. The van der Waals surface area contributed by atoms with Crippen molar-refractivity contribution in [2.24, 2.45) is 0 Å². The molecule has 0 aliphatic carbocycles. The van der Waals surface area contributed by atoms with Gasteiger partial charge in [-0.25, -0.2) is 8.42 Å². The van der Waals surface area contributed by atoms with Gasteiger partial charge in [0.2, 0.25) is 0 Å². The molecular weight excluding hydrogens is 340 g/mol. The second-order valence-electron chi connectivity index (χ2n) is 5.00. The fourth-order valence-corrected chi connectivity index (χ4v) is 3.72. The first kappa shape index (κ1) is 15.6. The molecule has 0 spiro atoms. The quantitative estimate of drug-likeness (QED) is 0.889. The average Bonchev–Trinajstić information content (AvgIpc) is 2.48. The lowest BCUT2D eigenvalue weighted by atomic mass is 10.2. The van der Waals surface area contributed by atoms with E-state index < -0.39 is 16.1 Å². The molecule has 1 aliphatic heterocycles. The first-order valence-corrected chi connectivity index (χ1v) is 8.62. The van der Waals surface area contributed by atoms with Gasteiger partial charge in [-0.1, -0.05) is 23.7 Å². The van der Waals surface area contributed by atoms with Crippen LogP contribution < -0.4 is 14.8 Å². The Kier molecular flexibility index (Phi) is 3.91. The number of benzene rings is 2. The first-order valence-electron chi connectivity index (χ1n) is 6.76. The summed E-state index contributed by atoms with van der Waals surface area (Å²) in [5.41, 5.74) is 0.703. The average molecular weight is 353 g/mol. The molecule has 0 aromatic heterocycles. The molecule has 0 fully saturated rings. The Morgan fingerprint density at radius 2 is 1.96 bits per heavy atom. The van der Waals surface area contributed by atoms with Gasteiger partial charge in [0.05, 0.1) is 16.4 Å². The Labute approximate surface area is 138 Å². The van der Waals surface area contributed by atoms with Crippen molar-refractivity contribution in [1.82, 2.24) is 0 Å². The van der Waals surface area contributed by atoms with E-state index in [0.717, 1.165) is 0 Å². The van der Waals surface area contributed by atoms with Crippen molar-refractivity contribution < 1.29 is 17.9 Å². The Hall–Kier alpha value is -2.25. The van der Waals surface area contributed by atoms with Crippen LogP contribution in [0.2, 0.25) is 5.02 Å². The number of anilines is 2. The number of ether oxygens (including phenoxy) is 1. The smallest absolute Gasteiger partial charge is 0.265 e. The summed E-state index contributed by atoms with van der Waals surface area (Å²) in [7, 11) is -3.83. The SMILES string of the molecule is C[C@@H]1Oc2ccc(NS(=O)(=O)c3ccccc3Cl)cc2NC1=O. The van der Waals surface area contributed by atoms with Crippen LogP contribution in [0, 0.1) is 0 Å². The number of carbonyl (C=O) groups excluding carboxylic acids is 1. The lowest BCUT2D eigenvalue weighted by Crippen LogP contribution is -2.34. The molecule has 2 N–H and O–H groups in total. The molecule has 23 heavy (non-hydrogen) atoms. The van der Waals surface area contributed by atoms with E-state index in [4.69, 9.17) is 16.3 Å². The van der Waals surface area contributed by atoms with Gasteiger partial charge < -0.3 is 10.1 Å². The molecule has 0 radical (unpaired) electrons. The van der Waals surface area contributed by atoms with Crippen LogP contribution >= 0.6 is 11.6 Å². The predicted octanol–water partition coefficient (Wildman–Crippen LogP) is 2.86. The maximum absolute atomic E-state index is 12.4. The lowest BCUT2D eigenvalue weighted by molar-refractivity contribution is -0.122. The van der Waals surface area contributed by atoms with Gasteiger partial charge in [0.1, 0.15) is 10.6 Å². The molecule has 8 heteroatoms. The summed E-state index contributed by atoms with van der Waals surface area (Å²) >= 11 is 5.93. The highest BCUT2D eigenvalue weighted by molar-refractivity contribution is 7.92. The number of sulfonamides is 1. The Balaban J connectivity index is 1.91. The molecule has 1 amide bonds. The first-order chi connectivity index (χ1) is 10.9. The van der Waals surface area contributed by atoms with Crippen molar-refractivity contribution in [2.75, 3.05) is 10.0 Å². The third kappa shape index (κ3) is 3.11. The van der Waals surface area contributed by atoms with Crippen LogP contribution in [-0.4, -0.2) is 20.4 Å². The molecule has 0 saturated heterocycles. The number of hydrogen-bond acceptors (Lipinski definition) is 4. The highest BCUT2D eigenvalue weighted by Gasteiger charge is 2.24. The van der Waals surface area contributed by atoms with Crippen molar-refractivity contribution in [3.05, 3.63) is 47.5 Å². The van der Waals surface area contributed by atoms with Crippen LogP contribution in [0.5, 0.6) is 5.75 Å². The van der Waals surface area contributed by atoms with Gasteiger partial charge in [-0.05, 0) is 37.3 Å². The maximum atomic E-state index is 12.4. The zero-order chi connectivity index (χ0) is 16.6. The molecule has 120 valence electrons. The molecule has 0 bridgehead atoms. The summed E-state index contributed by atoms with van der Waals surface area (Å²) < 4.78 is 32.6. The van der Waals surface area contributed by atoms with Crippen molar-refractivity contribution in [3.8, 4) is 5.75 Å². The summed E-state index contributed by atoms with van der Waals surface area (Å²) in [6.07, 6.45) is -0.590. The van der Waals surface area contributed by atoms with Crippen LogP contribution in [0.4, 0.5) is 11.4 Å². The zero-order valence-electron chi connectivity index (χ0n) is 12.0. The third-order valence-electron chi connectivity index (χ3n) is 3.29. The van der Waals surface area contributed by atoms with E-state index in [0.29, 0.717) is 17.1 Å². The fourth-order valence-electron chi connectivity index (χ4n) is 2.15. The minimum atomic E-state index is -3.83. The summed E-state index contributed by atoms with van der Waals surface area (Å²) in [6, 6.07) is 10.8. The van der Waals surface area contributed by atoms with Crippen LogP contribution in [-0.2, 0) is 14.8 Å². The molecule has 3 rings (SSSR count). The molecule has 1 aliphatic rings. The van der Waals surface area contributed by atoms with Crippen molar-refractivity contribution in [3.63, 3.8) is 0 Å². The monoisotopic (exact) mass is 352 g/mol. The normalized spacial score (nSPS) is 17.0. The van der Waals surface area contributed by atoms with E-state index in [9.17, 15) is 13.2 Å². The topological polar surface area (TPSA) is 84.5 Å². The number of fused-ring (bicyclic) bond motifs is 1. The van der Waals surface area contributed by atoms with Crippen molar-refractivity contribution >= 4 is 38.9 Å². The van der Waals surface area contributed by atoms with E-state index >= 15 is 0 Å². The van der Waals surface area contributed by atoms with Crippen molar-refractivity contribution in [2.45, 2.75) is 17.9 Å². The van der Waals surface area contributed by atoms with Gasteiger partial charge in [-0.2, -0.15) is 0 Å². The predicted molar refractivity (Wildman–Crippen MR) is 87.4 cm³/mol.